The first-order valence-electron chi connectivity index (χ1n) is 10.3. The van der Waals surface area contributed by atoms with Crippen molar-refractivity contribution in [2.24, 2.45) is 4.99 Å². The van der Waals surface area contributed by atoms with Gasteiger partial charge in [0.2, 0.25) is 0 Å². The summed E-state index contributed by atoms with van der Waals surface area (Å²) in [7, 11) is 0. The highest BCUT2D eigenvalue weighted by atomic mass is 79.9. The first-order chi connectivity index (χ1) is 14.2. The van der Waals surface area contributed by atoms with E-state index in [9.17, 15) is 4.79 Å². The van der Waals surface area contributed by atoms with Gasteiger partial charge in [-0.3, -0.25) is 10.3 Å². The Bertz CT molecular complexity index is 968. The number of amidine groups is 1. The van der Waals surface area contributed by atoms with Crippen LogP contribution in [0.1, 0.15) is 63.7 Å². The highest BCUT2D eigenvalue weighted by Gasteiger charge is 2.44. The molecule has 0 fully saturated rings. The molecular formula is C24H27BrN2O3. The number of ether oxygens (including phenoxy) is 2. The second-order valence-electron chi connectivity index (χ2n) is 8.93. The van der Waals surface area contributed by atoms with Gasteiger partial charge in [-0.1, -0.05) is 46.3 Å². The fraction of sp³-hybridized carbons (Fsp3) is 0.417. The molecule has 0 radical (unpaired) electrons. The lowest BCUT2D eigenvalue weighted by Crippen LogP contribution is -2.42. The van der Waals surface area contributed by atoms with Crippen LogP contribution in [0.2, 0.25) is 0 Å². The molecule has 158 valence electrons. The SMILES string of the molecule is CC(C)(C)OC(=O)NC1=NC2(CCC1)CC(c1ccccc1)Oc1ccc(Br)cc12. The summed E-state index contributed by atoms with van der Waals surface area (Å²) in [5.41, 5.74) is 1.20. The average Bonchev–Trinajstić information content (AvgIpc) is 2.68. The van der Waals surface area contributed by atoms with Gasteiger partial charge in [0.1, 0.15) is 23.3 Å². The van der Waals surface area contributed by atoms with Crippen LogP contribution in [0.5, 0.6) is 5.75 Å². The lowest BCUT2D eigenvalue weighted by Gasteiger charge is -2.42. The average molecular weight is 471 g/mol. The molecule has 2 aromatic carbocycles. The number of benzene rings is 2. The smallest absolute Gasteiger partial charge is 0.413 e. The van der Waals surface area contributed by atoms with Crippen LogP contribution in [0.15, 0.2) is 58.0 Å². The van der Waals surface area contributed by atoms with Gasteiger partial charge < -0.3 is 9.47 Å². The second kappa shape index (κ2) is 8.06. The first-order valence-corrected chi connectivity index (χ1v) is 11.1. The molecule has 0 saturated heterocycles. The number of rotatable bonds is 1. The van der Waals surface area contributed by atoms with E-state index in [0.29, 0.717) is 5.84 Å². The summed E-state index contributed by atoms with van der Waals surface area (Å²) >= 11 is 3.60. The van der Waals surface area contributed by atoms with E-state index >= 15 is 0 Å². The zero-order chi connectivity index (χ0) is 21.4. The molecule has 1 spiro atoms. The van der Waals surface area contributed by atoms with Gasteiger partial charge >= 0.3 is 6.09 Å². The van der Waals surface area contributed by atoms with E-state index in [0.717, 1.165) is 47.0 Å². The third-order valence-electron chi connectivity index (χ3n) is 5.40. The van der Waals surface area contributed by atoms with Gasteiger partial charge in [0.25, 0.3) is 0 Å². The number of hydrogen-bond acceptors (Lipinski definition) is 4. The van der Waals surface area contributed by atoms with Gasteiger partial charge in [0.05, 0.1) is 5.54 Å². The maximum atomic E-state index is 12.3. The molecule has 1 amide bonds. The van der Waals surface area contributed by atoms with E-state index < -0.39 is 17.2 Å². The maximum Gasteiger partial charge on any atom is 0.413 e. The number of nitrogens with zero attached hydrogens (tertiary/aromatic N) is 1. The van der Waals surface area contributed by atoms with Crippen molar-refractivity contribution >= 4 is 27.9 Å². The molecule has 2 aromatic rings. The third-order valence-corrected chi connectivity index (χ3v) is 5.90. The molecule has 2 aliphatic rings. The van der Waals surface area contributed by atoms with Crippen molar-refractivity contribution in [1.82, 2.24) is 5.32 Å². The van der Waals surface area contributed by atoms with E-state index in [-0.39, 0.29) is 6.10 Å². The highest BCUT2D eigenvalue weighted by Crippen LogP contribution is 2.51. The lowest BCUT2D eigenvalue weighted by atomic mass is 9.76. The minimum absolute atomic E-state index is 0.0931. The molecule has 5 nitrogen and oxygen atoms in total. The van der Waals surface area contributed by atoms with E-state index in [4.69, 9.17) is 14.5 Å². The molecule has 0 bridgehead atoms. The monoisotopic (exact) mass is 470 g/mol. The summed E-state index contributed by atoms with van der Waals surface area (Å²) < 4.78 is 12.8. The second-order valence-corrected chi connectivity index (χ2v) is 9.85. The van der Waals surface area contributed by atoms with Crippen molar-refractivity contribution in [1.29, 1.82) is 0 Å². The van der Waals surface area contributed by atoms with Crippen molar-refractivity contribution < 1.29 is 14.3 Å². The number of hydrogen-bond donors (Lipinski definition) is 1. The molecule has 0 aliphatic carbocycles. The van der Waals surface area contributed by atoms with Crippen LogP contribution in [-0.2, 0) is 10.3 Å². The van der Waals surface area contributed by atoms with Crippen LogP contribution >= 0.6 is 15.9 Å². The van der Waals surface area contributed by atoms with Gasteiger partial charge in [-0.2, -0.15) is 0 Å². The summed E-state index contributed by atoms with van der Waals surface area (Å²) in [6.45, 7) is 5.56. The Morgan fingerprint density at radius 2 is 2.00 bits per heavy atom. The van der Waals surface area contributed by atoms with Gasteiger partial charge in [0, 0.05) is 22.9 Å². The van der Waals surface area contributed by atoms with Crippen molar-refractivity contribution in [3.63, 3.8) is 0 Å². The van der Waals surface area contributed by atoms with Crippen molar-refractivity contribution in [3.05, 3.63) is 64.1 Å². The third kappa shape index (κ3) is 4.53. The van der Waals surface area contributed by atoms with Crippen molar-refractivity contribution in [2.45, 2.75) is 63.7 Å². The Hall–Kier alpha value is -2.34. The van der Waals surface area contributed by atoms with Gasteiger partial charge in [-0.05, 0) is 57.4 Å². The number of amides is 1. The number of nitrogens with one attached hydrogen (secondary N) is 1. The molecule has 2 unspecified atom stereocenters. The predicted molar refractivity (Wildman–Crippen MR) is 121 cm³/mol. The lowest BCUT2D eigenvalue weighted by molar-refractivity contribution is 0.0559. The number of fused-ring (bicyclic) bond motifs is 2. The summed E-state index contributed by atoms with van der Waals surface area (Å²) in [6.07, 6.45) is 2.73. The normalized spacial score (nSPS) is 23.2. The zero-order valence-corrected chi connectivity index (χ0v) is 19.2. The van der Waals surface area contributed by atoms with Gasteiger partial charge in [-0.15, -0.1) is 0 Å². The molecule has 0 saturated carbocycles. The van der Waals surface area contributed by atoms with E-state index in [2.05, 4.69) is 39.4 Å². The van der Waals surface area contributed by atoms with Crippen molar-refractivity contribution in [2.75, 3.05) is 0 Å². The summed E-state index contributed by atoms with van der Waals surface area (Å²) in [5.74, 6) is 1.52. The van der Waals surface area contributed by atoms with Crippen LogP contribution in [-0.4, -0.2) is 17.5 Å². The van der Waals surface area contributed by atoms with E-state index in [1.54, 1.807) is 0 Å². The molecule has 4 rings (SSSR count). The fourth-order valence-corrected chi connectivity index (χ4v) is 4.57. The Balaban J connectivity index is 1.70. The van der Waals surface area contributed by atoms with Crippen LogP contribution in [0.4, 0.5) is 4.79 Å². The minimum Gasteiger partial charge on any atom is -0.485 e. The number of carbonyl (C=O) groups excluding carboxylic acids is 1. The molecule has 1 N–H and O–H groups in total. The van der Waals surface area contributed by atoms with Gasteiger partial charge in [-0.25, -0.2) is 4.79 Å². The molecule has 30 heavy (non-hydrogen) atoms. The summed E-state index contributed by atoms with van der Waals surface area (Å²) in [4.78, 5) is 17.4. The predicted octanol–water partition coefficient (Wildman–Crippen LogP) is 6.28. The number of alkyl carbamates (subject to hydrolysis) is 1. The number of halogens is 1. The summed E-state index contributed by atoms with van der Waals surface area (Å²) in [6, 6.07) is 16.3. The largest absolute Gasteiger partial charge is 0.485 e. The quantitative estimate of drug-likeness (QED) is 0.533. The van der Waals surface area contributed by atoms with E-state index in [1.807, 2.05) is 51.1 Å². The standard InChI is InChI=1S/C24H27BrN2O3/c1-23(2,3)30-22(28)26-21-10-7-13-24(27-21)15-20(16-8-5-4-6-9-16)29-19-12-11-17(25)14-18(19)24/h4-6,8-9,11-12,14,20H,7,10,13,15H2,1-3H3,(H,26,27,28). The molecule has 2 atom stereocenters. The first kappa shape index (κ1) is 20.9. The van der Waals surface area contributed by atoms with Gasteiger partial charge in [0.15, 0.2) is 0 Å². The molecule has 0 aromatic heterocycles. The Morgan fingerprint density at radius 3 is 2.73 bits per heavy atom. The van der Waals surface area contributed by atoms with Crippen LogP contribution in [0.3, 0.4) is 0 Å². The van der Waals surface area contributed by atoms with Crippen LogP contribution < -0.4 is 10.1 Å². The maximum absolute atomic E-state index is 12.3. The Kier molecular flexibility index (Phi) is 5.62. The van der Waals surface area contributed by atoms with Crippen LogP contribution in [0.25, 0.3) is 0 Å². The number of aliphatic imine (C=N–C) groups is 1. The number of carbonyl (C=O) groups is 1. The molecule has 2 heterocycles. The molecule has 6 heteroatoms. The zero-order valence-electron chi connectivity index (χ0n) is 17.6. The van der Waals surface area contributed by atoms with Crippen LogP contribution in [0, 0.1) is 0 Å². The topological polar surface area (TPSA) is 59.9 Å². The minimum atomic E-state index is -0.550. The Labute approximate surface area is 186 Å². The summed E-state index contributed by atoms with van der Waals surface area (Å²) in [5, 5.41) is 2.88. The highest BCUT2D eigenvalue weighted by molar-refractivity contribution is 9.10. The Morgan fingerprint density at radius 1 is 1.23 bits per heavy atom. The fourth-order valence-electron chi connectivity index (χ4n) is 4.21. The van der Waals surface area contributed by atoms with Crippen molar-refractivity contribution in [3.8, 4) is 5.75 Å². The molecule has 2 aliphatic heterocycles. The molecular weight excluding hydrogens is 444 g/mol. The van der Waals surface area contributed by atoms with E-state index in [1.165, 1.54) is 0 Å².